The predicted molar refractivity (Wildman–Crippen MR) is 447 cm³/mol. The Labute approximate surface area is 638 Å². The molecular formula is C100H59N11. The van der Waals surface area contributed by atoms with Crippen molar-refractivity contribution in [2.75, 3.05) is 0 Å². The Morgan fingerprint density at radius 3 is 0.973 bits per heavy atom. The van der Waals surface area contributed by atoms with Gasteiger partial charge in [0, 0.05) is 88.1 Å². The predicted octanol–water partition coefficient (Wildman–Crippen LogP) is 24.2. The second-order valence-corrected chi connectivity index (χ2v) is 27.8. The molecule has 0 fully saturated rings. The van der Waals surface area contributed by atoms with E-state index in [4.69, 9.17) is 9.97 Å². The Morgan fingerprint density at radius 1 is 0.198 bits per heavy atom. The summed E-state index contributed by atoms with van der Waals surface area (Å²) in [5.74, 6) is 0. The third kappa shape index (κ3) is 11.6. The highest BCUT2D eigenvalue weighted by Gasteiger charge is 2.22. The monoisotopic (exact) mass is 1410 g/mol. The SMILES string of the molecule is Cc1ccc2c(c1)c1cc(C#N)ccc1n2-c1cc(-c2ccc3c(c2)c2ccccc2n3-c2ccccc2)cc(-c2cccc(-c3ccc(C#N)cc3)n2)c1.N#Cc1cccc(-c2cccc(-c3cc(-c4ccc5c(c4)c4ccccc4n5-c4ccccc4)cc(-n4c5ccc(C#N)cc5c5cc(C#N)ccc54)c3)n2)c1. The molecule has 0 aliphatic heterocycles. The fourth-order valence-corrected chi connectivity index (χ4v) is 16.0. The summed E-state index contributed by atoms with van der Waals surface area (Å²) in [6, 6.07) is 127. The zero-order valence-electron chi connectivity index (χ0n) is 59.8. The first-order valence-corrected chi connectivity index (χ1v) is 36.4. The maximum Gasteiger partial charge on any atom is 0.0991 e. The van der Waals surface area contributed by atoms with Crippen molar-refractivity contribution in [2.45, 2.75) is 6.92 Å². The van der Waals surface area contributed by atoms with E-state index in [1.807, 2.05) is 127 Å². The number of aryl methyl sites for hydroxylation is 1. The molecule has 0 amide bonds. The first kappa shape index (κ1) is 65.8. The van der Waals surface area contributed by atoms with Gasteiger partial charge in [0.25, 0.3) is 0 Å². The van der Waals surface area contributed by atoms with Gasteiger partial charge in [0.05, 0.1) is 125 Å². The molecular weight excluding hydrogens is 1360 g/mol. The summed E-state index contributed by atoms with van der Waals surface area (Å²) >= 11 is 0. The summed E-state index contributed by atoms with van der Waals surface area (Å²) in [7, 11) is 0. The number of rotatable bonds is 10. The van der Waals surface area contributed by atoms with Crippen molar-refractivity contribution in [3.63, 3.8) is 0 Å². The summed E-state index contributed by atoms with van der Waals surface area (Å²) < 4.78 is 9.17. The number of pyridine rings is 2. The number of nitriles is 5. The van der Waals surface area contributed by atoms with Gasteiger partial charge in [-0.05, 0) is 242 Å². The first-order chi connectivity index (χ1) is 54.6. The lowest BCUT2D eigenvalue weighted by Crippen LogP contribution is -1.97. The molecule has 11 heteroatoms. The summed E-state index contributed by atoms with van der Waals surface area (Å²) in [4.78, 5) is 10.3. The Morgan fingerprint density at radius 2 is 0.523 bits per heavy atom. The van der Waals surface area contributed by atoms with Gasteiger partial charge in [0.15, 0.2) is 0 Å². The van der Waals surface area contributed by atoms with Gasteiger partial charge in [0.2, 0.25) is 0 Å². The van der Waals surface area contributed by atoms with E-state index in [0.29, 0.717) is 27.8 Å². The first-order valence-electron chi connectivity index (χ1n) is 36.4. The van der Waals surface area contributed by atoms with E-state index < -0.39 is 0 Å². The van der Waals surface area contributed by atoms with Crippen molar-refractivity contribution in [1.29, 1.82) is 26.3 Å². The molecule has 14 aromatic carbocycles. The van der Waals surface area contributed by atoms with Crippen LogP contribution < -0.4 is 0 Å². The van der Waals surface area contributed by atoms with E-state index in [1.54, 1.807) is 6.07 Å². The van der Waals surface area contributed by atoms with Crippen LogP contribution in [0.3, 0.4) is 0 Å². The topological polar surface area (TPSA) is 164 Å². The number of hydrogen-bond donors (Lipinski definition) is 0. The molecule has 0 saturated heterocycles. The van der Waals surface area contributed by atoms with Crippen LogP contribution in [0.15, 0.2) is 340 Å². The molecule has 0 saturated carbocycles. The molecule has 6 heterocycles. The zero-order valence-corrected chi connectivity index (χ0v) is 59.8. The van der Waals surface area contributed by atoms with Gasteiger partial charge >= 0.3 is 0 Å². The highest BCUT2D eigenvalue weighted by Crippen LogP contribution is 2.43. The second-order valence-electron chi connectivity index (χ2n) is 27.8. The largest absolute Gasteiger partial charge is 0.309 e. The third-order valence-corrected chi connectivity index (χ3v) is 21.2. The van der Waals surface area contributed by atoms with Gasteiger partial charge in [-0.2, -0.15) is 26.3 Å². The molecule has 0 N–H and O–H groups in total. The summed E-state index contributed by atoms with van der Waals surface area (Å²) in [5.41, 5.74) is 27.9. The van der Waals surface area contributed by atoms with Gasteiger partial charge in [-0.25, -0.2) is 9.97 Å². The van der Waals surface area contributed by atoms with Crippen molar-refractivity contribution in [3.8, 4) is 120 Å². The molecule has 20 rings (SSSR count). The van der Waals surface area contributed by atoms with Crippen LogP contribution in [0.2, 0.25) is 0 Å². The lowest BCUT2D eigenvalue weighted by molar-refractivity contribution is 1.18. The zero-order chi connectivity index (χ0) is 74.8. The fourth-order valence-electron chi connectivity index (χ4n) is 16.0. The normalized spacial score (nSPS) is 11.2. The molecule has 0 spiro atoms. The van der Waals surface area contributed by atoms with Crippen LogP contribution in [0.1, 0.15) is 33.4 Å². The van der Waals surface area contributed by atoms with Crippen LogP contribution in [-0.4, -0.2) is 28.2 Å². The molecule has 0 aliphatic carbocycles. The van der Waals surface area contributed by atoms with Crippen molar-refractivity contribution in [1.82, 2.24) is 28.2 Å². The van der Waals surface area contributed by atoms with E-state index >= 15 is 0 Å². The molecule has 0 aliphatic rings. The van der Waals surface area contributed by atoms with Gasteiger partial charge in [-0.3, -0.25) is 0 Å². The molecule has 6 aromatic heterocycles. The lowest BCUT2D eigenvalue weighted by Gasteiger charge is -2.15. The number of benzene rings is 14. The maximum absolute atomic E-state index is 9.83. The quantitative estimate of drug-likeness (QED) is 0.131. The van der Waals surface area contributed by atoms with Gasteiger partial charge in [0.1, 0.15) is 0 Å². The summed E-state index contributed by atoms with van der Waals surface area (Å²) in [6.07, 6.45) is 0. The second kappa shape index (κ2) is 27.2. The van der Waals surface area contributed by atoms with E-state index in [0.717, 1.165) is 167 Å². The fraction of sp³-hybridized carbons (Fsp3) is 0.0100. The average molecular weight is 1410 g/mol. The maximum atomic E-state index is 9.83. The van der Waals surface area contributed by atoms with Crippen LogP contribution in [0.4, 0.5) is 0 Å². The number of aromatic nitrogens is 6. The summed E-state index contributed by atoms with van der Waals surface area (Å²) in [6.45, 7) is 2.10. The van der Waals surface area contributed by atoms with Gasteiger partial charge < -0.3 is 18.3 Å². The highest BCUT2D eigenvalue weighted by atomic mass is 15.0. The minimum atomic E-state index is 0.554. The van der Waals surface area contributed by atoms with Crippen molar-refractivity contribution in [3.05, 3.63) is 373 Å². The smallest absolute Gasteiger partial charge is 0.0991 e. The number of para-hydroxylation sites is 4. The molecule has 20 aromatic rings. The summed E-state index contributed by atoms with van der Waals surface area (Å²) in [5, 5.41) is 57.1. The van der Waals surface area contributed by atoms with Crippen molar-refractivity contribution in [2.24, 2.45) is 0 Å². The van der Waals surface area contributed by atoms with Crippen molar-refractivity contribution >= 4 is 87.2 Å². The third-order valence-electron chi connectivity index (χ3n) is 21.2. The van der Waals surface area contributed by atoms with Gasteiger partial charge in [-0.1, -0.05) is 133 Å². The minimum Gasteiger partial charge on any atom is -0.309 e. The minimum absolute atomic E-state index is 0.554. The molecule has 0 unspecified atom stereocenters. The van der Waals surface area contributed by atoms with Gasteiger partial charge in [-0.15, -0.1) is 0 Å². The number of hydrogen-bond acceptors (Lipinski definition) is 7. The lowest BCUT2D eigenvalue weighted by atomic mass is 9.98. The molecule has 514 valence electrons. The Kier molecular flexibility index (Phi) is 16.1. The molecule has 0 bridgehead atoms. The average Bonchev–Trinajstić information content (AvgIpc) is 1.60. The van der Waals surface area contributed by atoms with E-state index in [9.17, 15) is 26.3 Å². The van der Waals surface area contributed by atoms with Crippen molar-refractivity contribution < 1.29 is 0 Å². The molecule has 111 heavy (non-hydrogen) atoms. The van der Waals surface area contributed by atoms with Crippen LogP contribution in [0, 0.1) is 63.6 Å². The van der Waals surface area contributed by atoms with E-state index in [-0.39, 0.29) is 0 Å². The number of fused-ring (bicyclic) bond motifs is 12. The van der Waals surface area contributed by atoms with Crippen LogP contribution in [0.25, 0.3) is 177 Å². The molecule has 11 nitrogen and oxygen atoms in total. The Bertz CT molecular complexity index is 7390. The highest BCUT2D eigenvalue weighted by molar-refractivity contribution is 6.14. The Balaban J connectivity index is 0.000000150. The van der Waals surface area contributed by atoms with Crippen LogP contribution in [-0.2, 0) is 0 Å². The van der Waals surface area contributed by atoms with E-state index in [1.165, 1.54) is 16.2 Å². The van der Waals surface area contributed by atoms with E-state index in [2.05, 4.69) is 262 Å². The van der Waals surface area contributed by atoms with Crippen LogP contribution in [0.5, 0.6) is 0 Å². The molecule has 0 atom stereocenters. The standard InChI is InChI=1S/C50H28N6.C50H31N5/c51-29-32-8-6-9-36(22-32)45-13-7-14-46(54-45)38-25-37(35-18-21-50-44(28-35)41-12-4-5-15-47(41)55(50)39-10-2-1-3-11-39)26-40(27-38)56-48-19-16-33(30-52)23-42(48)43-24-34(31-53)17-20-49(43)56;1-32-14-21-48-42(24-32)43-25-34(31-52)17-22-49(43)55(48)40-27-37(26-38(28-40)46-12-7-11-45(53-46)35-18-15-33(30-51)16-19-35)36-20-23-50-44(29-36)41-10-5-6-13-47(41)54(50)39-8-3-2-4-9-39/h1-28H;2-29H,1H3. The Hall–Kier alpha value is -16.0. The van der Waals surface area contributed by atoms with Crippen LogP contribution >= 0.6 is 0 Å². The number of nitrogens with zero attached hydrogens (tertiary/aromatic N) is 11. The molecule has 0 radical (unpaired) electrons.